The van der Waals surface area contributed by atoms with Crippen LogP contribution >= 0.6 is 0 Å². The number of aromatic amines is 1. The van der Waals surface area contributed by atoms with Gasteiger partial charge in [-0.3, -0.25) is 4.57 Å². The fraction of sp³-hybridized carbons (Fsp3) is 0.467. The van der Waals surface area contributed by atoms with Gasteiger partial charge in [-0.25, -0.2) is 9.59 Å². The molecule has 6 heteroatoms. The zero-order chi connectivity index (χ0) is 16.1. The molecular formula is C15H19N3O3. The fourth-order valence-corrected chi connectivity index (χ4v) is 2.47. The molecule has 21 heavy (non-hydrogen) atoms. The molecule has 6 nitrogen and oxygen atoms in total. The highest BCUT2D eigenvalue weighted by Gasteiger charge is 2.36. The monoisotopic (exact) mass is 290 g/mol. The number of likely N-dealkylation sites (tertiary alicyclic amines) is 1. The lowest BCUT2D eigenvalue weighted by Gasteiger charge is -2.40. The van der Waals surface area contributed by atoms with E-state index < -0.39 is 5.60 Å². The van der Waals surface area contributed by atoms with Gasteiger partial charge in [-0.1, -0.05) is 12.1 Å². The molecule has 1 amide bonds. The molecule has 112 valence electrons. The first-order valence-electron chi connectivity index (χ1n) is 7.43. The molecule has 1 N–H and O–H groups in total. The molecule has 0 atom stereocenters. The Balaban J connectivity index is 1.77. The molecule has 1 aromatic carbocycles. The molecule has 0 bridgehead atoms. The number of hydrogen-bond acceptors (Lipinski definition) is 3. The van der Waals surface area contributed by atoms with E-state index in [1.165, 1.54) is 0 Å². The Morgan fingerprint density at radius 1 is 1.43 bits per heavy atom. The summed E-state index contributed by atoms with van der Waals surface area (Å²) in [5, 5.41) is 0. The molecule has 1 saturated heterocycles. The number of ether oxygens (including phenoxy) is 1. The number of hydrogen-bond donors (Lipinski definition) is 1. The topological polar surface area (TPSA) is 67.3 Å². The third-order valence-corrected chi connectivity index (χ3v) is 3.44. The van der Waals surface area contributed by atoms with Gasteiger partial charge in [0, 0.05) is 13.1 Å². The Kier molecular flexibility index (Phi) is 2.77. The van der Waals surface area contributed by atoms with Crippen LogP contribution in [0.2, 0.25) is 0 Å². The molecule has 1 fully saturated rings. The van der Waals surface area contributed by atoms with E-state index in [4.69, 9.17) is 6.11 Å². The van der Waals surface area contributed by atoms with Crippen molar-refractivity contribution in [1.82, 2.24) is 14.5 Å². The molecule has 0 unspecified atom stereocenters. The number of carbonyl (C=O) groups excluding carboxylic acids is 1. The lowest BCUT2D eigenvalue weighted by molar-refractivity contribution is 0.00116. The number of para-hydroxylation sites is 2. The maximum atomic E-state index is 12.1. The number of H-pyrrole nitrogens is 1. The van der Waals surface area contributed by atoms with Crippen molar-refractivity contribution < 1.29 is 10.9 Å². The number of amides is 1. The number of nitrogens with zero attached hydrogens (tertiary/aromatic N) is 2. The Morgan fingerprint density at radius 2 is 2.14 bits per heavy atom. The summed E-state index contributed by atoms with van der Waals surface area (Å²) in [4.78, 5) is 28.4. The highest BCUT2D eigenvalue weighted by Crippen LogP contribution is 2.25. The third kappa shape index (κ3) is 2.53. The van der Waals surface area contributed by atoms with E-state index in [9.17, 15) is 9.59 Å². The zero-order valence-electron chi connectivity index (χ0n) is 13.3. The van der Waals surface area contributed by atoms with Crippen LogP contribution in [0, 0.1) is 0 Å². The number of fused-ring (bicyclic) bond motifs is 1. The molecular weight excluding hydrogens is 270 g/mol. The predicted octanol–water partition coefficient (Wildman–Crippen LogP) is 2.12. The summed E-state index contributed by atoms with van der Waals surface area (Å²) in [5.74, 6) is 0. The van der Waals surface area contributed by atoms with Gasteiger partial charge < -0.3 is 14.6 Å². The maximum Gasteiger partial charge on any atom is 0.410 e. The van der Waals surface area contributed by atoms with Crippen molar-refractivity contribution in [3.05, 3.63) is 34.7 Å². The Morgan fingerprint density at radius 3 is 2.81 bits per heavy atom. The maximum absolute atomic E-state index is 12.1. The van der Waals surface area contributed by atoms with Gasteiger partial charge in [0.05, 0.1) is 18.4 Å². The molecule has 1 aromatic heterocycles. The van der Waals surface area contributed by atoms with Gasteiger partial charge in [-0.05, 0) is 32.9 Å². The first-order chi connectivity index (χ1) is 10.2. The number of imidazole rings is 1. The second kappa shape index (κ2) is 4.65. The van der Waals surface area contributed by atoms with Crippen LogP contribution in [0.15, 0.2) is 29.0 Å². The minimum atomic E-state index is -0.523. The van der Waals surface area contributed by atoms with Gasteiger partial charge >= 0.3 is 11.8 Å². The summed E-state index contributed by atoms with van der Waals surface area (Å²) in [7, 11) is 0. The number of rotatable bonds is 1. The number of nitrogens with one attached hydrogen (secondary N) is 1. The van der Waals surface area contributed by atoms with Crippen molar-refractivity contribution in [2.45, 2.75) is 32.4 Å². The number of benzene rings is 1. The molecule has 0 aliphatic carbocycles. The zero-order valence-corrected chi connectivity index (χ0v) is 12.3. The van der Waals surface area contributed by atoms with Crippen LogP contribution < -0.4 is 5.69 Å². The van der Waals surface area contributed by atoms with Crippen LogP contribution in [0.1, 0.15) is 28.2 Å². The average molecular weight is 290 g/mol. The SMILES string of the molecule is [2H]c1ccc2c(c1)[nH]c(=O)n2C1CN(C(=O)OC(C)(C)C)C1. The van der Waals surface area contributed by atoms with Crippen LogP contribution in [0.25, 0.3) is 11.0 Å². The van der Waals surface area contributed by atoms with Crippen molar-refractivity contribution in [3.8, 4) is 0 Å². The van der Waals surface area contributed by atoms with Crippen molar-refractivity contribution in [2.24, 2.45) is 0 Å². The normalized spacial score (nSPS) is 16.7. The van der Waals surface area contributed by atoms with Crippen LogP contribution in [-0.2, 0) is 4.74 Å². The molecule has 1 aliphatic rings. The van der Waals surface area contributed by atoms with Crippen LogP contribution in [0.3, 0.4) is 0 Å². The van der Waals surface area contributed by atoms with Gasteiger partial charge in [0.15, 0.2) is 0 Å². The Hall–Kier alpha value is -2.24. The van der Waals surface area contributed by atoms with Gasteiger partial charge in [0.1, 0.15) is 5.60 Å². The Labute approximate surface area is 123 Å². The van der Waals surface area contributed by atoms with Gasteiger partial charge in [0.2, 0.25) is 0 Å². The van der Waals surface area contributed by atoms with Crippen LogP contribution in [0.5, 0.6) is 0 Å². The van der Waals surface area contributed by atoms with E-state index in [-0.39, 0.29) is 17.8 Å². The van der Waals surface area contributed by atoms with Gasteiger partial charge in [0.25, 0.3) is 0 Å². The number of carbonyl (C=O) groups is 1. The number of aromatic nitrogens is 2. The Bertz CT molecular complexity index is 781. The highest BCUT2D eigenvalue weighted by atomic mass is 16.6. The largest absolute Gasteiger partial charge is 0.444 e. The van der Waals surface area contributed by atoms with Gasteiger partial charge in [-0.15, -0.1) is 0 Å². The summed E-state index contributed by atoms with van der Waals surface area (Å²) >= 11 is 0. The first kappa shape index (κ1) is 12.5. The van der Waals surface area contributed by atoms with E-state index in [1.54, 1.807) is 27.7 Å². The standard InChI is InChI=1S/C15H19N3O3/c1-15(2,3)21-14(20)17-8-10(9-17)18-12-7-5-4-6-11(12)16-13(18)19/h4-7,10H,8-9H2,1-3H3,(H,16,19)/i4D. The van der Waals surface area contributed by atoms with E-state index in [1.807, 2.05) is 20.8 Å². The van der Waals surface area contributed by atoms with E-state index in [0.717, 1.165) is 5.52 Å². The fourth-order valence-electron chi connectivity index (χ4n) is 2.47. The molecule has 3 rings (SSSR count). The lowest BCUT2D eigenvalue weighted by atomic mass is 10.1. The quantitative estimate of drug-likeness (QED) is 0.874. The first-order valence-corrected chi connectivity index (χ1v) is 6.93. The van der Waals surface area contributed by atoms with E-state index >= 15 is 0 Å². The third-order valence-electron chi connectivity index (χ3n) is 3.44. The average Bonchev–Trinajstić information content (AvgIpc) is 2.61. The van der Waals surface area contributed by atoms with Gasteiger partial charge in [-0.2, -0.15) is 0 Å². The molecule has 2 heterocycles. The van der Waals surface area contributed by atoms with E-state index in [0.29, 0.717) is 24.6 Å². The second-order valence-corrected chi connectivity index (χ2v) is 6.28. The minimum Gasteiger partial charge on any atom is -0.444 e. The highest BCUT2D eigenvalue weighted by molar-refractivity contribution is 5.75. The summed E-state index contributed by atoms with van der Waals surface area (Å²) in [5.41, 5.74) is 0.669. The van der Waals surface area contributed by atoms with Crippen LogP contribution in [0.4, 0.5) is 4.79 Å². The molecule has 0 radical (unpaired) electrons. The smallest absolute Gasteiger partial charge is 0.410 e. The van der Waals surface area contributed by atoms with Crippen molar-refractivity contribution in [2.75, 3.05) is 13.1 Å². The molecule has 0 spiro atoms. The van der Waals surface area contributed by atoms with Crippen molar-refractivity contribution in [3.63, 3.8) is 0 Å². The van der Waals surface area contributed by atoms with E-state index in [2.05, 4.69) is 4.98 Å². The summed E-state index contributed by atoms with van der Waals surface area (Å²) in [6.07, 6.45) is -0.356. The summed E-state index contributed by atoms with van der Waals surface area (Å²) in [6, 6.07) is 5.31. The second-order valence-electron chi connectivity index (χ2n) is 6.28. The molecule has 0 saturated carbocycles. The van der Waals surface area contributed by atoms with Crippen LogP contribution in [-0.4, -0.2) is 39.2 Å². The summed E-state index contributed by atoms with van der Waals surface area (Å²) < 4.78 is 14.6. The molecule has 2 aromatic rings. The molecule has 1 aliphatic heterocycles. The summed E-state index contributed by atoms with van der Waals surface area (Å²) in [6.45, 7) is 6.37. The van der Waals surface area contributed by atoms with Crippen molar-refractivity contribution >= 4 is 17.1 Å². The van der Waals surface area contributed by atoms with Crippen molar-refractivity contribution in [1.29, 1.82) is 0 Å². The predicted molar refractivity (Wildman–Crippen MR) is 79.4 cm³/mol. The minimum absolute atomic E-state index is 0.0645. The lowest BCUT2D eigenvalue weighted by Crippen LogP contribution is -2.53.